The van der Waals surface area contributed by atoms with Crippen molar-refractivity contribution in [3.8, 4) is 0 Å². The predicted molar refractivity (Wildman–Crippen MR) is 188 cm³/mol. The lowest BCUT2D eigenvalue weighted by atomic mass is 9.46. The van der Waals surface area contributed by atoms with Crippen LogP contribution in [0, 0.1) is 46.3 Å². The molecule has 2 aromatic carbocycles. The smallest absolute Gasteiger partial charge is 0.343 e. The number of esters is 2. The summed E-state index contributed by atoms with van der Waals surface area (Å²) in [4.78, 5) is 26.8. The van der Waals surface area contributed by atoms with Crippen LogP contribution < -0.4 is 11.5 Å². The third-order valence-electron chi connectivity index (χ3n) is 13.1. The lowest BCUT2D eigenvalue weighted by Crippen LogP contribution is -2.52. The zero-order valence-electron chi connectivity index (χ0n) is 29.2. The molecule has 8 unspecified atom stereocenters. The molecule has 0 amide bonds. The summed E-state index contributed by atoms with van der Waals surface area (Å²) in [7, 11) is 0. The molecule has 4 N–H and O–H groups in total. The van der Waals surface area contributed by atoms with Gasteiger partial charge in [-0.1, -0.05) is 53.9 Å². The van der Waals surface area contributed by atoms with E-state index in [9.17, 15) is 9.59 Å². The summed E-state index contributed by atoms with van der Waals surface area (Å²) in [6, 6.07) is 13.9. The van der Waals surface area contributed by atoms with E-state index in [0.717, 1.165) is 42.8 Å². The van der Waals surface area contributed by atoms with E-state index < -0.39 is 0 Å². The van der Waals surface area contributed by atoms with Gasteiger partial charge in [0.05, 0.1) is 11.1 Å². The van der Waals surface area contributed by atoms with Crippen LogP contribution in [-0.2, 0) is 9.47 Å². The van der Waals surface area contributed by atoms with Gasteiger partial charge in [-0.15, -0.1) is 0 Å². The Hall–Kier alpha value is -3.28. The zero-order valence-corrected chi connectivity index (χ0v) is 29.2. The highest BCUT2D eigenvalue weighted by Crippen LogP contribution is 2.68. The van der Waals surface area contributed by atoms with Crippen LogP contribution in [0.1, 0.15) is 126 Å². The van der Waals surface area contributed by atoms with Crippen LogP contribution in [-0.4, -0.2) is 18.0 Å². The SMILES string of the molecule is CC(C)CCCC(C)C1CCC2C3CC(OC(=O)c4ccc(N)cc4)=C4CC(OC(=O)c5ccc(N)cc5)CCC4(C)C3CCC12C. The Kier molecular flexibility index (Phi) is 9.53. The second kappa shape index (κ2) is 13.3. The Morgan fingerprint density at radius 2 is 1.43 bits per heavy atom. The molecular weight excluding hydrogens is 584 g/mol. The van der Waals surface area contributed by atoms with Gasteiger partial charge < -0.3 is 20.9 Å². The standard InChI is InChI=1S/C41H56N2O4/c1-25(2)7-6-8-26(3)33-17-18-34-32-24-37(47-39(45)28-11-15-30(43)16-12-28)36-23-31(46-38(44)27-9-13-29(42)14-10-27)19-21-41(36,5)35(32)20-22-40(33,34)4/h9-16,25-26,31-35H,6-8,17-24,42-43H2,1-5H3. The summed E-state index contributed by atoms with van der Waals surface area (Å²) < 4.78 is 12.5. The maximum absolute atomic E-state index is 13.6. The molecule has 0 heterocycles. The van der Waals surface area contributed by atoms with E-state index in [0.29, 0.717) is 52.1 Å². The van der Waals surface area contributed by atoms with Gasteiger partial charge in [0.25, 0.3) is 0 Å². The first-order valence-electron chi connectivity index (χ1n) is 18.3. The van der Waals surface area contributed by atoms with E-state index in [1.165, 1.54) is 50.5 Å². The largest absolute Gasteiger partial charge is 0.458 e. The maximum atomic E-state index is 13.6. The number of nitrogen functional groups attached to an aromatic ring is 2. The van der Waals surface area contributed by atoms with Crippen molar-refractivity contribution in [1.29, 1.82) is 0 Å². The van der Waals surface area contributed by atoms with Crippen molar-refractivity contribution in [2.24, 2.45) is 46.3 Å². The normalized spacial score (nSPS) is 32.3. The highest BCUT2D eigenvalue weighted by atomic mass is 16.5. The molecule has 2 aromatic rings. The fourth-order valence-electron chi connectivity index (χ4n) is 10.6. The van der Waals surface area contributed by atoms with Gasteiger partial charge in [-0.2, -0.15) is 0 Å². The van der Waals surface area contributed by atoms with E-state index in [4.69, 9.17) is 20.9 Å². The number of hydrogen-bond acceptors (Lipinski definition) is 6. The molecule has 0 aliphatic heterocycles. The van der Waals surface area contributed by atoms with Crippen LogP contribution in [0.2, 0.25) is 0 Å². The number of anilines is 2. The molecule has 0 saturated heterocycles. The monoisotopic (exact) mass is 640 g/mol. The number of carbonyl (C=O) groups excluding carboxylic acids is 2. The number of fused-ring (bicyclic) bond motifs is 5. The van der Waals surface area contributed by atoms with E-state index in [-0.39, 0.29) is 23.5 Å². The number of nitrogens with two attached hydrogens (primary N) is 2. The van der Waals surface area contributed by atoms with Gasteiger partial charge in [0.15, 0.2) is 0 Å². The minimum atomic E-state index is -0.337. The lowest BCUT2D eigenvalue weighted by molar-refractivity contribution is -0.0694. The minimum absolute atomic E-state index is 0.0912. The number of benzene rings is 2. The van der Waals surface area contributed by atoms with Crippen molar-refractivity contribution in [2.75, 3.05) is 11.5 Å². The molecule has 3 fully saturated rings. The summed E-state index contributed by atoms with van der Waals surface area (Å²) in [6.45, 7) is 12.2. The lowest BCUT2D eigenvalue weighted by Gasteiger charge is -2.59. The van der Waals surface area contributed by atoms with Gasteiger partial charge in [0.1, 0.15) is 11.9 Å². The van der Waals surface area contributed by atoms with Crippen molar-refractivity contribution < 1.29 is 19.1 Å². The van der Waals surface area contributed by atoms with Crippen molar-refractivity contribution in [3.05, 3.63) is 71.0 Å². The van der Waals surface area contributed by atoms with Gasteiger partial charge in [-0.3, -0.25) is 0 Å². The van der Waals surface area contributed by atoms with E-state index in [1.54, 1.807) is 48.5 Å². The Bertz CT molecular complexity index is 1480. The molecule has 6 heteroatoms. The number of allylic oxidation sites excluding steroid dienone is 1. The molecular formula is C41H56N2O4. The average Bonchev–Trinajstić information content (AvgIpc) is 3.39. The first-order chi connectivity index (χ1) is 22.4. The summed E-state index contributed by atoms with van der Waals surface area (Å²) in [5, 5.41) is 0. The van der Waals surface area contributed by atoms with Crippen molar-refractivity contribution in [2.45, 2.75) is 111 Å². The minimum Gasteiger partial charge on any atom is -0.458 e. The van der Waals surface area contributed by atoms with Crippen LogP contribution in [0.3, 0.4) is 0 Å². The van der Waals surface area contributed by atoms with Crippen molar-refractivity contribution >= 4 is 23.3 Å². The van der Waals surface area contributed by atoms with Gasteiger partial charge >= 0.3 is 11.9 Å². The highest BCUT2D eigenvalue weighted by molar-refractivity contribution is 5.91. The Balaban J connectivity index is 1.28. The van der Waals surface area contributed by atoms with Crippen LogP contribution in [0.25, 0.3) is 0 Å². The Labute approximate surface area is 282 Å². The average molecular weight is 641 g/mol. The van der Waals surface area contributed by atoms with Gasteiger partial charge in [0, 0.05) is 24.2 Å². The number of hydrogen-bond donors (Lipinski definition) is 2. The zero-order chi connectivity index (χ0) is 33.5. The summed E-state index contributed by atoms with van der Waals surface area (Å²) in [5.74, 6) is 4.06. The second-order valence-electron chi connectivity index (χ2n) is 16.3. The number of rotatable bonds is 9. The molecule has 47 heavy (non-hydrogen) atoms. The summed E-state index contributed by atoms with van der Waals surface area (Å²) >= 11 is 0. The predicted octanol–water partition coefficient (Wildman–Crippen LogP) is 9.60. The van der Waals surface area contributed by atoms with Gasteiger partial charge in [-0.05, 0) is 139 Å². The topological polar surface area (TPSA) is 105 Å². The molecule has 8 atom stereocenters. The van der Waals surface area contributed by atoms with Crippen LogP contribution in [0.15, 0.2) is 59.9 Å². The fourth-order valence-corrected chi connectivity index (χ4v) is 10.6. The van der Waals surface area contributed by atoms with Crippen molar-refractivity contribution in [1.82, 2.24) is 0 Å². The van der Waals surface area contributed by atoms with Gasteiger partial charge in [-0.25, -0.2) is 9.59 Å². The third-order valence-corrected chi connectivity index (χ3v) is 13.1. The maximum Gasteiger partial charge on any atom is 0.343 e. The van der Waals surface area contributed by atoms with Crippen LogP contribution in [0.5, 0.6) is 0 Å². The van der Waals surface area contributed by atoms with E-state index >= 15 is 0 Å². The highest BCUT2D eigenvalue weighted by Gasteiger charge is 2.60. The molecule has 4 aliphatic rings. The Morgan fingerprint density at radius 1 is 0.787 bits per heavy atom. The molecule has 0 bridgehead atoms. The quantitative estimate of drug-likeness (QED) is 0.209. The molecule has 3 saturated carbocycles. The molecule has 0 spiro atoms. The van der Waals surface area contributed by atoms with E-state index in [2.05, 4.69) is 34.6 Å². The first-order valence-corrected chi connectivity index (χ1v) is 18.3. The van der Waals surface area contributed by atoms with Crippen molar-refractivity contribution in [3.63, 3.8) is 0 Å². The molecule has 0 radical (unpaired) electrons. The molecule has 6 rings (SSSR count). The summed E-state index contributed by atoms with van der Waals surface area (Å²) in [5.41, 5.74) is 15.4. The molecule has 4 aliphatic carbocycles. The van der Waals surface area contributed by atoms with Crippen LogP contribution >= 0.6 is 0 Å². The third kappa shape index (κ3) is 6.58. The fraction of sp³-hybridized carbons (Fsp3) is 0.610. The van der Waals surface area contributed by atoms with Gasteiger partial charge in [0.2, 0.25) is 0 Å². The van der Waals surface area contributed by atoms with E-state index in [1.807, 2.05) is 0 Å². The number of carbonyl (C=O) groups is 2. The number of ether oxygens (including phenoxy) is 2. The first kappa shape index (κ1) is 33.6. The molecule has 0 aromatic heterocycles. The van der Waals surface area contributed by atoms with Crippen LogP contribution in [0.4, 0.5) is 11.4 Å². The summed E-state index contributed by atoms with van der Waals surface area (Å²) in [6.07, 6.45) is 11.9. The second-order valence-corrected chi connectivity index (χ2v) is 16.3. The molecule has 254 valence electrons. The molecule has 6 nitrogen and oxygen atoms in total. The Morgan fingerprint density at radius 3 is 2.06 bits per heavy atom.